The Morgan fingerprint density at radius 1 is 0.941 bits per heavy atom. The number of hydrogen-bond acceptors (Lipinski definition) is 3. The van der Waals surface area contributed by atoms with Crippen LogP contribution in [0.5, 0.6) is 0 Å². The summed E-state index contributed by atoms with van der Waals surface area (Å²) in [6, 6.07) is 16.3. The van der Waals surface area contributed by atoms with Crippen LogP contribution in [0.4, 0.5) is 10.5 Å². The van der Waals surface area contributed by atoms with Gasteiger partial charge in [0.1, 0.15) is 0 Å². The van der Waals surface area contributed by atoms with Gasteiger partial charge in [0.15, 0.2) is 0 Å². The molecule has 0 bridgehead atoms. The summed E-state index contributed by atoms with van der Waals surface area (Å²) < 4.78 is 0. The molecule has 2 aliphatic rings. The van der Waals surface area contributed by atoms with Gasteiger partial charge in [-0.1, -0.05) is 42.6 Å². The summed E-state index contributed by atoms with van der Waals surface area (Å²) in [7, 11) is 0. The molecule has 1 N–H and O–H groups in total. The number of fused-ring (bicyclic) bond motifs is 1. The minimum atomic E-state index is -0.0355. The minimum absolute atomic E-state index is 0.0355. The summed E-state index contributed by atoms with van der Waals surface area (Å²) >= 11 is 6.01. The molecule has 0 atom stereocenters. The normalized spacial score (nSPS) is 18.1. The number of aromatic nitrogens is 1. The molecule has 0 radical (unpaired) electrons. The van der Waals surface area contributed by atoms with Gasteiger partial charge in [0.25, 0.3) is 0 Å². The van der Waals surface area contributed by atoms with E-state index in [1.54, 1.807) is 0 Å². The first-order valence-corrected chi connectivity index (χ1v) is 12.9. The van der Waals surface area contributed by atoms with Crippen LogP contribution in [-0.4, -0.2) is 47.0 Å². The van der Waals surface area contributed by atoms with E-state index in [0.717, 1.165) is 54.1 Å². The fourth-order valence-electron chi connectivity index (χ4n) is 5.24. The third-order valence-electron chi connectivity index (χ3n) is 7.22. The number of rotatable bonds is 4. The summed E-state index contributed by atoms with van der Waals surface area (Å²) in [5.41, 5.74) is 4.28. The van der Waals surface area contributed by atoms with E-state index in [9.17, 15) is 4.79 Å². The van der Waals surface area contributed by atoms with Crippen LogP contribution in [0.15, 0.2) is 54.7 Å². The molecule has 2 saturated heterocycles. The number of halogens is 1. The molecule has 0 aliphatic carbocycles. The third kappa shape index (κ3) is 5.70. The minimum Gasteiger partial charge on any atom is -0.324 e. The van der Waals surface area contributed by atoms with Crippen molar-refractivity contribution >= 4 is 34.2 Å². The smallest absolute Gasteiger partial charge is 0.321 e. The molecular weight excluding hydrogens is 444 g/mol. The van der Waals surface area contributed by atoms with Gasteiger partial charge in [-0.3, -0.25) is 9.88 Å². The molecule has 2 fully saturated rings. The number of nitrogens with zero attached hydrogens (tertiary/aromatic N) is 3. The highest BCUT2D eigenvalue weighted by Gasteiger charge is 2.24. The number of piperidine rings is 1. The number of anilines is 1. The van der Waals surface area contributed by atoms with E-state index in [0.29, 0.717) is 5.92 Å². The van der Waals surface area contributed by atoms with Crippen molar-refractivity contribution in [2.45, 2.75) is 51.0 Å². The average Bonchev–Trinajstić information content (AvgIpc) is 3.13. The summed E-state index contributed by atoms with van der Waals surface area (Å²) in [4.78, 5) is 22.0. The Labute approximate surface area is 207 Å². The second-order valence-corrected chi connectivity index (χ2v) is 10.1. The highest BCUT2D eigenvalue weighted by Crippen LogP contribution is 2.29. The molecule has 0 spiro atoms. The summed E-state index contributed by atoms with van der Waals surface area (Å²) in [5, 5.41) is 4.96. The number of benzene rings is 2. The Morgan fingerprint density at radius 2 is 1.68 bits per heavy atom. The maximum absolute atomic E-state index is 12.9. The fourth-order valence-corrected chi connectivity index (χ4v) is 5.36. The molecule has 1 aromatic heterocycles. The SMILES string of the molecule is O=C(Nc1ccc2cc(CN3CCCCCC3)cnc2c1)N1CCC(c2ccc(Cl)cc2)CC1. The first-order chi connectivity index (χ1) is 16.6. The van der Waals surface area contributed by atoms with Gasteiger partial charge in [-0.25, -0.2) is 4.79 Å². The van der Waals surface area contributed by atoms with Gasteiger partial charge in [0, 0.05) is 41.9 Å². The molecule has 0 unspecified atom stereocenters. The molecule has 0 saturated carbocycles. The van der Waals surface area contributed by atoms with E-state index >= 15 is 0 Å². The maximum Gasteiger partial charge on any atom is 0.321 e. The Kier molecular flexibility index (Phi) is 7.31. The Bertz CT molecular complexity index is 1120. The molecule has 5 rings (SSSR count). The monoisotopic (exact) mass is 476 g/mol. The molecule has 2 aromatic carbocycles. The van der Waals surface area contributed by atoms with Crippen LogP contribution in [0, 0.1) is 0 Å². The van der Waals surface area contributed by atoms with Crippen molar-refractivity contribution in [3.63, 3.8) is 0 Å². The summed E-state index contributed by atoms with van der Waals surface area (Å²) in [5.74, 6) is 0.481. The number of amides is 2. The van der Waals surface area contributed by atoms with E-state index in [2.05, 4.69) is 34.5 Å². The molecule has 3 heterocycles. The first kappa shape index (κ1) is 23.1. The van der Waals surface area contributed by atoms with Crippen molar-refractivity contribution in [3.8, 4) is 0 Å². The molecule has 178 valence electrons. The lowest BCUT2D eigenvalue weighted by atomic mass is 9.89. The standard InChI is InChI=1S/C28H33ClN4O/c29-25-8-5-22(6-9-25)23-11-15-33(16-12-23)28(34)31-26-10-7-24-17-21(19-30-27(24)18-26)20-32-13-3-1-2-4-14-32/h5-10,17-19,23H,1-4,11-16,20H2,(H,31,34). The Balaban J connectivity index is 1.17. The van der Waals surface area contributed by atoms with Gasteiger partial charge in [0.2, 0.25) is 0 Å². The molecule has 2 aliphatic heterocycles. The van der Waals surface area contributed by atoms with Crippen LogP contribution in [0.3, 0.4) is 0 Å². The van der Waals surface area contributed by atoms with Crippen molar-refractivity contribution in [1.29, 1.82) is 0 Å². The van der Waals surface area contributed by atoms with Crippen LogP contribution in [0.1, 0.15) is 55.6 Å². The zero-order chi connectivity index (χ0) is 23.3. The quantitative estimate of drug-likeness (QED) is 0.457. The number of carbonyl (C=O) groups excluding carboxylic acids is 1. The Morgan fingerprint density at radius 3 is 2.41 bits per heavy atom. The number of hydrogen-bond donors (Lipinski definition) is 1. The van der Waals surface area contributed by atoms with Crippen molar-refractivity contribution < 1.29 is 4.79 Å². The van der Waals surface area contributed by atoms with Gasteiger partial charge in [-0.15, -0.1) is 0 Å². The second kappa shape index (κ2) is 10.7. The largest absolute Gasteiger partial charge is 0.324 e. The number of pyridine rings is 1. The lowest BCUT2D eigenvalue weighted by Crippen LogP contribution is -2.40. The highest BCUT2D eigenvalue weighted by atomic mass is 35.5. The summed E-state index contributed by atoms with van der Waals surface area (Å²) in [6.45, 7) is 4.84. The summed E-state index contributed by atoms with van der Waals surface area (Å²) in [6.07, 6.45) is 9.21. The van der Waals surface area contributed by atoms with E-state index in [1.807, 2.05) is 35.4 Å². The zero-order valence-corrected chi connectivity index (χ0v) is 20.4. The predicted molar refractivity (Wildman–Crippen MR) is 140 cm³/mol. The first-order valence-electron chi connectivity index (χ1n) is 12.6. The Hall–Kier alpha value is -2.63. The van der Waals surface area contributed by atoms with Crippen molar-refractivity contribution in [1.82, 2.24) is 14.8 Å². The van der Waals surface area contributed by atoms with E-state index in [-0.39, 0.29) is 6.03 Å². The number of carbonyl (C=O) groups is 1. The third-order valence-corrected chi connectivity index (χ3v) is 7.47. The maximum atomic E-state index is 12.9. The lowest BCUT2D eigenvalue weighted by Gasteiger charge is -2.32. The van der Waals surface area contributed by atoms with E-state index in [1.165, 1.54) is 49.9 Å². The molecule has 6 heteroatoms. The van der Waals surface area contributed by atoms with Crippen molar-refractivity contribution in [3.05, 3.63) is 70.9 Å². The second-order valence-electron chi connectivity index (χ2n) is 9.68. The lowest BCUT2D eigenvalue weighted by molar-refractivity contribution is 0.194. The zero-order valence-electron chi connectivity index (χ0n) is 19.7. The predicted octanol–water partition coefficient (Wildman–Crippen LogP) is 6.68. The van der Waals surface area contributed by atoms with Crippen molar-refractivity contribution in [2.75, 3.05) is 31.5 Å². The van der Waals surface area contributed by atoms with Crippen LogP contribution in [0.25, 0.3) is 10.9 Å². The van der Waals surface area contributed by atoms with Crippen LogP contribution in [0.2, 0.25) is 5.02 Å². The average molecular weight is 477 g/mol. The van der Waals surface area contributed by atoms with Gasteiger partial charge in [-0.2, -0.15) is 0 Å². The molecule has 3 aromatic rings. The van der Waals surface area contributed by atoms with Crippen LogP contribution >= 0.6 is 11.6 Å². The number of nitrogens with one attached hydrogen (secondary N) is 1. The molecule has 2 amide bonds. The van der Waals surface area contributed by atoms with Gasteiger partial charge >= 0.3 is 6.03 Å². The van der Waals surface area contributed by atoms with E-state index in [4.69, 9.17) is 16.6 Å². The highest BCUT2D eigenvalue weighted by molar-refractivity contribution is 6.30. The van der Waals surface area contributed by atoms with Gasteiger partial charge < -0.3 is 10.2 Å². The molecule has 34 heavy (non-hydrogen) atoms. The number of urea groups is 1. The van der Waals surface area contributed by atoms with Gasteiger partial charge in [-0.05, 0) is 86.1 Å². The topological polar surface area (TPSA) is 48.5 Å². The molecule has 5 nitrogen and oxygen atoms in total. The number of likely N-dealkylation sites (tertiary alicyclic amines) is 2. The van der Waals surface area contributed by atoms with E-state index < -0.39 is 0 Å². The van der Waals surface area contributed by atoms with Crippen LogP contribution < -0.4 is 5.32 Å². The van der Waals surface area contributed by atoms with Gasteiger partial charge in [0.05, 0.1) is 5.52 Å². The molecular formula is C28H33ClN4O. The van der Waals surface area contributed by atoms with Crippen LogP contribution in [-0.2, 0) is 6.54 Å². The van der Waals surface area contributed by atoms with Crippen molar-refractivity contribution in [2.24, 2.45) is 0 Å². The fraction of sp³-hybridized carbons (Fsp3) is 0.429.